The maximum Gasteiger partial charge on any atom is 0.308 e. The fourth-order valence-electron chi connectivity index (χ4n) is 2.68. The molecule has 0 aliphatic carbocycles. The van der Waals surface area contributed by atoms with E-state index in [4.69, 9.17) is 0 Å². The fourth-order valence-corrected chi connectivity index (χ4v) is 3.86. The lowest BCUT2D eigenvalue weighted by Crippen LogP contribution is -2.40. The van der Waals surface area contributed by atoms with Gasteiger partial charge in [-0.05, 0) is 30.7 Å². The highest BCUT2D eigenvalue weighted by Crippen LogP contribution is 2.42. The van der Waals surface area contributed by atoms with Gasteiger partial charge in [0, 0.05) is 11.3 Å². The van der Waals surface area contributed by atoms with E-state index in [9.17, 15) is 14.7 Å². The van der Waals surface area contributed by atoms with Crippen molar-refractivity contribution < 1.29 is 14.7 Å². The van der Waals surface area contributed by atoms with E-state index in [0.717, 1.165) is 16.9 Å². The SMILES string of the molecule is CC(=O)c1cccc(CSC2(CC(=O)O)Nc3ccccc3N2)c1. The normalized spacial score (nSPS) is 14.4. The minimum absolute atomic E-state index is 0.0200. The Balaban J connectivity index is 1.78. The summed E-state index contributed by atoms with van der Waals surface area (Å²) in [6, 6.07) is 15.1. The van der Waals surface area contributed by atoms with E-state index < -0.39 is 11.0 Å². The standard InChI is InChI=1S/C18H18N2O3S/c1-12(21)14-6-4-5-13(9-14)11-24-18(10-17(22)23)19-15-7-2-3-8-16(15)20-18/h2-9,19-20H,10-11H2,1H3,(H,22,23). The lowest BCUT2D eigenvalue weighted by atomic mass is 10.1. The number of thioether (sulfide) groups is 1. The summed E-state index contributed by atoms with van der Waals surface area (Å²) in [6.07, 6.45) is -0.0707. The summed E-state index contributed by atoms with van der Waals surface area (Å²) in [4.78, 5) is 22.0. The van der Waals surface area contributed by atoms with Gasteiger partial charge in [0.15, 0.2) is 10.8 Å². The van der Waals surface area contributed by atoms with E-state index in [-0.39, 0.29) is 12.2 Å². The van der Waals surface area contributed by atoms with Gasteiger partial charge < -0.3 is 15.7 Å². The average Bonchev–Trinajstić information content (AvgIpc) is 2.90. The molecular formula is C18H18N2O3S. The molecule has 6 heteroatoms. The molecule has 124 valence electrons. The summed E-state index contributed by atoms with van der Waals surface area (Å²) >= 11 is 1.48. The third-order valence-electron chi connectivity index (χ3n) is 3.82. The number of benzene rings is 2. The molecule has 24 heavy (non-hydrogen) atoms. The third-order valence-corrected chi connectivity index (χ3v) is 5.14. The predicted molar refractivity (Wildman–Crippen MR) is 96.4 cm³/mol. The summed E-state index contributed by atoms with van der Waals surface area (Å²) < 4.78 is 0. The monoisotopic (exact) mass is 342 g/mol. The Bertz CT molecular complexity index is 766. The Morgan fingerprint density at radius 1 is 1.08 bits per heavy atom. The molecule has 1 heterocycles. The van der Waals surface area contributed by atoms with Crippen LogP contribution in [0.1, 0.15) is 29.3 Å². The van der Waals surface area contributed by atoms with Crippen LogP contribution in [0.2, 0.25) is 0 Å². The van der Waals surface area contributed by atoms with Crippen molar-refractivity contribution in [1.29, 1.82) is 0 Å². The second-order valence-corrected chi connectivity index (χ2v) is 7.01. The number of rotatable bonds is 6. The van der Waals surface area contributed by atoms with Crippen LogP contribution in [-0.2, 0) is 10.5 Å². The molecular weight excluding hydrogens is 324 g/mol. The van der Waals surface area contributed by atoms with Gasteiger partial charge in [0.1, 0.15) is 0 Å². The Hall–Kier alpha value is -2.47. The molecule has 2 aromatic carbocycles. The fraction of sp³-hybridized carbons (Fsp3) is 0.222. The van der Waals surface area contributed by atoms with E-state index >= 15 is 0 Å². The Morgan fingerprint density at radius 2 is 1.75 bits per heavy atom. The van der Waals surface area contributed by atoms with Gasteiger partial charge in [0.05, 0.1) is 17.8 Å². The number of anilines is 2. The molecule has 5 nitrogen and oxygen atoms in total. The van der Waals surface area contributed by atoms with Gasteiger partial charge >= 0.3 is 5.97 Å². The minimum atomic E-state index is -0.882. The van der Waals surface area contributed by atoms with Gasteiger partial charge in [-0.3, -0.25) is 9.59 Å². The summed E-state index contributed by atoms with van der Waals surface area (Å²) in [7, 11) is 0. The van der Waals surface area contributed by atoms with Crippen LogP contribution in [0.25, 0.3) is 0 Å². The minimum Gasteiger partial charge on any atom is -0.481 e. The van der Waals surface area contributed by atoms with Gasteiger partial charge in [0.2, 0.25) is 0 Å². The van der Waals surface area contributed by atoms with Gasteiger partial charge in [-0.2, -0.15) is 0 Å². The highest BCUT2D eigenvalue weighted by Gasteiger charge is 2.38. The molecule has 0 saturated heterocycles. The van der Waals surface area contributed by atoms with Crippen LogP contribution in [0.5, 0.6) is 0 Å². The average molecular weight is 342 g/mol. The van der Waals surface area contributed by atoms with E-state index in [1.54, 1.807) is 6.07 Å². The summed E-state index contributed by atoms with van der Waals surface area (Å²) in [5.74, 6) is -0.276. The first kappa shape index (κ1) is 16.4. The molecule has 1 aliphatic heterocycles. The molecule has 0 saturated carbocycles. The molecule has 0 aromatic heterocycles. The van der Waals surface area contributed by atoms with Crippen LogP contribution >= 0.6 is 11.8 Å². The van der Waals surface area contributed by atoms with E-state index in [1.165, 1.54) is 18.7 Å². The van der Waals surface area contributed by atoms with Crippen LogP contribution in [0, 0.1) is 0 Å². The molecule has 3 N–H and O–H groups in total. The molecule has 0 fully saturated rings. The third kappa shape index (κ3) is 3.54. The highest BCUT2D eigenvalue weighted by molar-refractivity contribution is 8.00. The number of carbonyl (C=O) groups is 2. The second-order valence-electron chi connectivity index (χ2n) is 5.74. The van der Waals surface area contributed by atoms with Gasteiger partial charge in [0.25, 0.3) is 0 Å². The number of carboxylic acid groups (broad SMARTS) is 1. The van der Waals surface area contributed by atoms with Crippen molar-refractivity contribution in [2.24, 2.45) is 0 Å². The number of carboxylic acids is 1. The maximum atomic E-state index is 11.5. The van der Waals surface area contributed by atoms with Crippen molar-refractivity contribution in [3.63, 3.8) is 0 Å². The first-order chi connectivity index (χ1) is 11.5. The van der Waals surface area contributed by atoms with Gasteiger partial charge in [-0.25, -0.2) is 0 Å². The van der Waals surface area contributed by atoms with Crippen molar-refractivity contribution in [3.8, 4) is 0 Å². The Morgan fingerprint density at radius 3 is 2.33 bits per heavy atom. The number of nitrogens with one attached hydrogen (secondary N) is 2. The summed E-state index contributed by atoms with van der Waals surface area (Å²) in [5.41, 5.74) is 3.43. The largest absolute Gasteiger partial charge is 0.481 e. The topological polar surface area (TPSA) is 78.4 Å². The van der Waals surface area contributed by atoms with Crippen molar-refractivity contribution in [3.05, 3.63) is 59.7 Å². The first-order valence-corrected chi connectivity index (χ1v) is 8.57. The predicted octanol–water partition coefficient (Wildman–Crippen LogP) is 3.79. The Kier molecular flexibility index (Phi) is 4.49. The Labute approximate surface area is 144 Å². The van der Waals surface area contributed by atoms with Crippen LogP contribution in [0.3, 0.4) is 0 Å². The van der Waals surface area contributed by atoms with Gasteiger partial charge in [-0.1, -0.05) is 30.3 Å². The van der Waals surface area contributed by atoms with Gasteiger partial charge in [-0.15, -0.1) is 11.8 Å². The maximum absolute atomic E-state index is 11.5. The molecule has 2 aromatic rings. The number of Topliss-reactive ketones (excluding diaryl/α,β-unsaturated/α-hetero) is 1. The molecule has 3 rings (SSSR count). The lowest BCUT2D eigenvalue weighted by molar-refractivity contribution is -0.137. The molecule has 0 amide bonds. The molecule has 0 bridgehead atoms. The number of hydrogen-bond acceptors (Lipinski definition) is 5. The number of carbonyl (C=O) groups excluding carboxylic acids is 1. The molecule has 0 unspecified atom stereocenters. The first-order valence-electron chi connectivity index (χ1n) is 7.58. The molecule has 0 radical (unpaired) electrons. The molecule has 1 aliphatic rings. The smallest absolute Gasteiger partial charge is 0.308 e. The zero-order chi connectivity index (χ0) is 17.2. The summed E-state index contributed by atoms with van der Waals surface area (Å²) in [5, 5.41) is 15.9. The van der Waals surface area contributed by atoms with Crippen molar-refractivity contribution in [2.45, 2.75) is 24.1 Å². The van der Waals surface area contributed by atoms with Crippen LogP contribution in [-0.4, -0.2) is 21.9 Å². The number of para-hydroxylation sites is 2. The number of hydrogen-bond donors (Lipinski definition) is 3. The quantitative estimate of drug-likeness (QED) is 0.693. The van der Waals surface area contributed by atoms with Crippen molar-refractivity contribution in [2.75, 3.05) is 10.6 Å². The number of fused-ring (bicyclic) bond motifs is 1. The van der Waals surface area contributed by atoms with E-state index in [1.807, 2.05) is 42.5 Å². The van der Waals surface area contributed by atoms with E-state index in [2.05, 4.69) is 10.6 Å². The van der Waals surface area contributed by atoms with Crippen LogP contribution in [0.4, 0.5) is 11.4 Å². The summed E-state index contributed by atoms with van der Waals surface area (Å²) in [6.45, 7) is 1.54. The number of ketones is 1. The van der Waals surface area contributed by atoms with E-state index in [0.29, 0.717) is 11.3 Å². The lowest BCUT2D eigenvalue weighted by Gasteiger charge is -2.28. The zero-order valence-electron chi connectivity index (χ0n) is 13.2. The highest BCUT2D eigenvalue weighted by atomic mass is 32.2. The molecule has 0 atom stereocenters. The van der Waals surface area contributed by atoms with Crippen LogP contribution in [0.15, 0.2) is 48.5 Å². The zero-order valence-corrected chi connectivity index (χ0v) is 14.0. The second kappa shape index (κ2) is 6.57. The van der Waals surface area contributed by atoms with Crippen molar-refractivity contribution >= 4 is 34.9 Å². The van der Waals surface area contributed by atoms with Crippen LogP contribution < -0.4 is 10.6 Å². The molecule has 0 spiro atoms. The van der Waals surface area contributed by atoms with Crippen molar-refractivity contribution in [1.82, 2.24) is 0 Å². The number of aliphatic carboxylic acids is 1.